The van der Waals surface area contributed by atoms with Crippen LogP contribution in [0.5, 0.6) is 0 Å². The highest BCUT2D eigenvalue weighted by molar-refractivity contribution is 5.42. The van der Waals surface area contributed by atoms with Gasteiger partial charge in [0.2, 0.25) is 0 Å². The van der Waals surface area contributed by atoms with E-state index in [2.05, 4.69) is 29.2 Å². The van der Waals surface area contributed by atoms with Gasteiger partial charge in [0.05, 0.1) is 6.61 Å². The summed E-state index contributed by atoms with van der Waals surface area (Å²) in [6, 6.07) is 4.41. The second-order valence-electron chi connectivity index (χ2n) is 4.21. The average molecular weight is 238 g/mol. The SMILES string of the molecule is COCCN(Cc1cccnc1NN)C(C)C. The number of pyridine rings is 1. The van der Waals surface area contributed by atoms with Gasteiger partial charge in [-0.25, -0.2) is 10.8 Å². The molecular weight excluding hydrogens is 216 g/mol. The Labute approximate surface area is 103 Å². The lowest BCUT2D eigenvalue weighted by Crippen LogP contribution is -2.33. The third-order valence-electron chi connectivity index (χ3n) is 2.71. The molecule has 1 aromatic heterocycles. The molecule has 5 heteroatoms. The van der Waals surface area contributed by atoms with Crippen molar-refractivity contribution in [1.82, 2.24) is 9.88 Å². The van der Waals surface area contributed by atoms with Gasteiger partial charge in [-0.15, -0.1) is 0 Å². The van der Waals surface area contributed by atoms with Crippen LogP contribution in [0.2, 0.25) is 0 Å². The van der Waals surface area contributed by atoms with Gasteiger partial charge in [0.25, 0.3) is 0 Å². The maximum absolute atomic E-state index is 5.45. The molecule has 0 saturated heterocycles. The molecule has 5 nitrogen and oxygen atoms in total. The summed E-state index contributed by atoms with van der Waals surface area (Å²) in [5.41, 5.74) is 3.72. The number of rotatable bonds is 7. The van der Waals surface area contributed by atoms with Crippen molar-refractivity contribution in [2.45, 2.75) is 26.4 Å². The first kappa shape index (κ1) is 13.9. The molecule has 1 rings (SSSR count). The summed E-state index contributed by atoms with van der Waals surface area (Å²) in [5.74, 6) is 6.18. The third kappa shape index (κ3) is 4.30. The molecule has 1 aromatic rings. The highest BCUT2D eigenvalue weighted by Gasteiger charge is 2.12. The molecule has 0 bridgehead atoms. The molecule has 0 fully saturated rings. The van der Waals surface area contributed by atoms with E-state index in [0.29, 0.717) is 6.04 Å². The van der Waals surface area contributed by atoms with Gasteiger partial charge >= 0.3 is 0 Å². The second-order valence-corrected chi connectivity index (χ2v) is 4.21. The Balaban J connectivity index is 2.71. The van der Waals surface area contributed by atoms with Gasteiger partial charge in [-0.1, -0.05) is 6.07 Å². The molecule has 0 radical (unpaired) electrons. The standard InChI is InChI=1S/C12H22N4O/c1-10(2)16(7-8-17-3)9-11-5-4-6-14-12(11)15-13/h4-6,10H,7-9,13H2,1-3H3,(H,14,15). The quantitative estimate of drug-likeness (QED) is 0.552. The summed E-state index contributed by atoms with van der Waals surface area (Å²) in [6.07, 6.45) is 1.73. The van der Waals surface area contributed by atoms with Crippen molar-refractivity contribution in [2.24, 2.45) is 5.84 Å². The highest BCUT2D eigenvalue weighted by Crippen LogP contribution is 2.14. The van der Waals surface area contributed by atoms with Gasteiger partial charge in [0.1, 0.15) is 5.82 Å². The molecule has 17 heavy (non-hydrogen) atoms. The molecule has 3 N–H and O–H groups in total. The number of hydrazine groups is 1. The van der Waals surface area contributed by atoms with E-state index in [9.17, 15) is 0 Å². The summed E-state index contributed by atoms with van der Waals surface area (Å²) < 4.78 is 5.12. The zero-order chi connectivity index (χ0) is 12.7. The molecule has 0 spiro atoms. The molecule has 0 aliphatic rings. The lowest BCUT2D eigenvalue weighted by Gasteiger charge is -2.26. The first-order chi connectivity index (χ1) is 8.19. The lowest BCUT2D eigenvalue weighted by molar-refractivity contribution is 0.125. The van der Waals surface area contributed by atoms with Crippen LogP contribution in [0.3, 0.4) is 0 Å². The Hall–Kier alpha value is -1.17. The molecule has 0 atom stereocenters. The highest BCUT2D eigenvalue weighted by atomic mass is 16.5. The van der Waals surface area contributed by atoms with Crippen LogP contribution in [0.1, 0.15) is 19.4 Å². The first-order valence-corrected chi connectivity index (χ1v) is 5.82. The summed E-state index contributed by atoms with van der Waals surface area (Å²) in [4.78, 5) is 6.52. The lowest BCUT2D eigenvalue weighted by atomic mass is 10.2. The van der Waals surface area contributed by atoms with E-state index < -0.39 is 0 Å². The number of hydrogen-bond donors (Lipinski definition) is 2. The van der Waals surface area contributed by atoms with Crippen molar-refractivity contribution in [1.29, 1.82) is 0 Å². The van der Waals surface area contributed by atoms with Crippen molar-refractivity contribution in [2.75, 3.05) is 25.7 Å². The molecule has 0 aromatic carbocycles. The molecule has 96 valence electrons. The largest absolute Gasteiger partial charge is 0.383 e. The number of nitrogen functional groups attached to an aromatic ring is 1. The van der Waals surface area contributed by atoms with E-state index >= 15 is 0 Å². The van der Waals surface area contributed by atoms with E-state index in [1.807, 2.05) is 12.1 Å². The van der Waals surface area contributed by atoms with Gasteiger partial charge in [-0.2, -0.15) is 0 Å². The van der Waals surface area contributed by atoms with Gasteiger partial charge in [0, 0.05) is 38.0 Å². The van der Waals surface area contributed by atoms with Gasteiger partial charge in [-0.05, 0) is 19.9 Å². The van der Waals surface area contributed by atoms with Crippen LogP contribution in [0, 0.1) is 0 Å². The zero-order valence-electron chi connectivity index (χ0n) is 10.8. The van der Waals surface area contributed by atoms with Gasteiger partial charge in [0.15, 0.2) is 0 Å². The topological polar surface area (TPSA) is 63.4 Å². The van der Waals surface area contributed by atoms with Crippen molar-refractivity contribution < 1.29 is 4.74 Å². The number of anilines is 1. The van der Waals surface area contributed by atoms with E-state index in [-0.39, 0.29) is 0 Å². The van der Waals surface area contributed by atoms with Crippen LogP contribution >= 0.6 is 0 Å². The summed E-state index contributed by atoms with van der Waals surface area (Å²) in [7, 11) is 1.72. The minimum atomic E-state index is 0.455. The molecule has 0 saturated carbocycles. The van der Waals surface area contributed by atoms with E-state index in [1.165, 1.54) is 0 Å². The minimum Gasteiger partial charge on any atom is -0.383 e. The van der Waals surface area contributed by atoms with Crippen molar-refractivity contribution >= 4 is 5.82 Å². The maximum Gasteiger partial charge on any atom is 0.144 e. The average Bonchev–Trinajstić information content (AvgIpc) is 2.34. The van der Waals surface area contributed by atoms with Gasteiger partial charge in [-0.3, -0.25) is 4.90 Å². The van der Waals surface area contributed by atoms with Crippen LogP contribution in [0.4, 0.5) is 5.82 Å². The minimum absolute atomic E-state index is 0.455. The predicted molar refractivity (Wildman–Crippen MR) is 69.5 cm³/mol. The molecule has 0 unspecified atom stereocenters. The number of ether oxygens (including phenoxy) is 1. The number of nitrogens with zero attached hydrogens (tertiary/aromatic N) is 2. The molecule has 0 aliphatic carbocycles. The van der Waals surface area contributed by atoms with Crippen molar-refractivity contribution in [3.63, 3.8) is 0 Å². The van der Waals surface area contributed by atoms with Crippen LogP contribution in [0.25, 0.3) is 0 Å². The Morgan fingerprint density at radius 1 is 1.53 bits per heavy atom. The Morgan fingerprint density at radius 3 is 2.88 bits per heavy atom. The monoisotopic (exact) mass is 238 g/mol. The normalized spacial score (nSPS) is 11.2. The Kier molecular flexibility index (Phi) is 5.90. The fourth-order valence-corrected chi connectivity index (χ4v) is 1.64. The number of aromatic nitrogens is 1. The van der Waals surface area contributed by atoms with E-state index in [0.717, 1.165) is 31.1 Å². The van der Waals surface area contributed by atoms with Crippen molar-refractivity contribution in [3.8, 4) is 0 Å². The number of hydrogen-bond acceptors (Lipinski definition) is 5. The van der Waals surface area contributed by atoms with Crippen LogP contribution < -0.4 is 11.3 Å². The fraction of sp³-hybridized carbons (Fsp3) is 0.583. The predicted octanol–water partition coefficient (Wildman–Crippen LogP) is 1.22. The van der Waals surface area contributed by atoms with E-state index in [4.69, 9.17) is 10.6 Å². The second kappa shape index (κ2) is 7.21. The van der Waals surface area contributed by atoms with Crippen LogP contribution in [-0.2, 0) is 11.3 Å². The maximum atomic E-state index is 5.45. The van der Waals surface area contributed by atoms with E-state index in [1.54, 1.807) is 13.3 Å². The molecule has 0 amide bonds. The third-order valence-corrected chi connectivity index (χ3v) is 2.71. The number of nitrogens with two attached hydrogens (primary N) is 1. The summed E-state index contributed by atoms with van der Waals surface area (Å²) in [6.45, 7) is 6.77. The van der Waals surface area contributed by atoms with Crippen molar-refractivity contribution in [3.05, 3.63) is 23.9 Å². The number of nitrogens with one attached hydrogen (secondary N) is 1. The first-order valence-electron chi connectivity index (χ1n) is 5.82. The van der Waals surface area contributed by atoms with Gasteiger partial charge < -0.3 is 10.2 Å². The summed E-state index contributed by atoms with van der Waals surface area (Å²) >= 11 is 0. The Bertz CT molecular complexity index is 330. The van der Waals surface area contributed by atoms with Crippen LogP contribution in [0.15, 0.2) is 18.3 Å². The smallest absolute Gasteiger partial charge is 0.144 e. The van der Waals surface area contributed by atoms with Crippen LogP contribution in [-0.4, -0.2) is 36.2 Å². The zero-order valence-corrected chi connectivity index (χ0v) is 10.8. The fourth-order valence-electron chi connectivity index (χ4n) is 1.64. The molecule has 1 heterocycles. The molecular formula is C12H22N4O. The summed E-state index contributed by atoms with van der Waals surface area (Å²) in [5, 5.41) is 0. The Morgan fingerprint density at radius 2 is 2.29 bits per heavy atom. The number of methoxy groups -OCH3 is 1. The molecule has 0 aliphatic heterocycles.